The molecule has 0 aliphatic heterocycles. The summed E-state index contributed by atoms with van der Waals surface area (Å²) >= 11 is 0. The van der Waals surface area contributed by atoms with Gasteiger partial charge in [-0.1, -0.05) is 30.3 Å². The summed E-state index contributed by atoms with van der Waals surface area (Å²) in [5.41, 5.74) is 4.78. The van der Waals surface area contributed by atoms with Gasteiger partial charge in [0.1, 0.15) is 5.75 Å². The number of amides is 2. The van der Waals surface area contributed by atoms with Crippen molar-refractivity contribution in [1.82, 2.24) is 5.43 Å². The van der Waals surface area contributed by atoms with Crippen LogP contribution in [0.2, 0.25) is 0 Å². The van der Waals surface area contributed by atoms with Crippen LogP contribution in [0.3, 0.4) is 0 Å². The standard InChI is InChI=1S/C20H23N3O3/c1-3-26-18-11-9-17(10-12-18)21-19(24)13-14-20(25)23-22-15(2)16-7-5-4-6-8-16/h4-12H,3,13-14H2,1-2H3,(H,21,24)(H,23,25)/b22-15-. The van der Waals surface area contributed by atoms with Crippen molar-refractivity contribution in [2.45, 2.75) is 26.7 Å². The molecule has 6 heteroatoms. The Labute approximate surface area is 153 Å². The molecule has 0 atom stereocenters. The summed E-state index contributed by atoms with van der Waals surface area (Å²) in [5, 5.41) is 6.80. The Balaban J connectivity index is 1.75. The van der Waals surface area contributed by atoms with Crippen molar-refractivity contribution >= 4 is 23.2 Å². The van der Waals surface area contributed by atoms with Gasteiger partial charge in [0.15, 0.2) is 0 Å². The van der Waals surface area contributed by atoms with Crippen LogP contribution in [-0.2, 0) is 9.59 Å². The average Bonchev–Trinajstić information content (AvgIpc) is 2.67. The lowest BCUT2D eigenvalue weighted by atomic mass is 10.1. The molecule has 0 saturated carbocycles. The van der Waals surface area contributed by atoms with E-state index in [4.69, 9.17) is 4.74 Å². The highest BCUT2D eigenvalue weighted by molar-refractivity contribution is 5.99. The second-order valence-corrected chi connectivity index (χ2v) is 5.60. The molecular formula is C20H23N3O3. The second-order valence-electron chi connectivity index (χ2n) is 5.60. The Hall–Kier alpha value is -3.15. The molecule has 0 spiro atoms. The van der Waals surface area contributed by atoms with Gasteiger partial charge in [0.2, 0.25) is 11.8 Å². The molecule has 2 N–H and O–H groups in total. The molecule has 6 nitrogen and oxygen atoms in total. The van der Waals surface area contributed by atoms with Crippen LogP contribution in [0.15, 0.2) is 59.7 Å². The van der Waals surface area contributed by atoms with Crippen LogP contribution < -0.4 is 15.5 Å². The van der Waals surface area contributed by atoms with Gasteiger partial charge < -0.3 is 10.1 Å². The number of anilines is 1. The van der Waals surface area contributed by atoms with E-state index in [1.807, 2.05) is 44.2 Å². The van der Waals surface area contributed by atoms with Gasteiger partial charge >= 0.3 is 0 Å². The van der Waals surface area contributed by atoms with E-state index >= 15 is 0 Å². The second kappa shape index (κ2) is 9.98. The van der Waals surface area contributed by atoms with Crippen molar-refractivity contribution in [3.05, 3.63) is 60.2 Å². The Bertz CT molecular complexity index is 756. The van der Waals surface area contributed by atoms with Gasteiger partial charge in [-0.05, 0) is 43.7 Å². The van der Waals surface area contributed by atoms with Crippen LogP contribution in [0, 0.1) is 0 Å². The largest absolute Gasteiger partial charge is 0.494 e. The normalized spacial score (nSPS) is 10.9. The summed E-state index contributed by atoms with van der Waals surface area (Å²) in [6.45, 7) is 4.31. The van der Waals surface area contributed by atoms with E-state index < -0.39 is 0 Å². The number of hydrazone groups is 1. The maximum absolute atomic E-state index is 11.9. The van der Waals surface area contributed by atoms with Crippen LogP contribution in [0.1, 0.15) is 32.3 Å². The van der Waals surface area contributed by atoms with Gasteiger partial charge in [-0.15, -0.1) is 0 Å². The van der Waals surface area contributed by atoms with Gasteiger partial charge in [-0.25, -0.2) is 5.43 Å². The van der Waals surface area contributed by atoms with Gasteiger partial charge in [-0.2, -0.15) is 5.10 Å². The number of hydrogen-bond acceptors (Lipinski definition) is 4. The maximum Gasteiger partial charge on any atom is 0.240 e. The van der Waals surface area contributed by atoms with Gasteiger partial charge in [0.25, 0.3) is 0 Å². The first kappa shape index (κ1) is 19.2. The molecule has 0 radical (unpaired) electrons. The fourth-order valence-electron chi connectivity index (χ4n) is 2.20. The first-order valence-corrected chi connectivity index (χ1v) is 8.49. The molecule has 26 heavy (non-hydrogen) atoms. The fourth-order valence-corrected chi connectivity index (χ4v) is 2.20. The number of nitrogens with zero attached hydrogens (tertiary/aromatic N) is 1. The maximum atomic E-state index is 11.9. The van der Waals surface area contributed by atoms with Crippen molar-refractivity contribution in [2.75, 3.05) is 11.9 Å². The molecule has 0 unspecified atom stereocenters. The van der Waals surface area contributed by atoms with Crippen LogP contribution >= 0.6 is 0 Å². The van der Waals surface area contributed by atoms with E-state index in [0.29, 0.717) is 18.0 Å². The third-order valence-corrected chi connectivity index (χ3v) is 3.57. The number of hydrogen-bond donors (Lipinski definition) is 2. The van der Waals surface area contributed by atoms with Crippen LogP contribution in [0.25, 0.3) is 0 Å². The SMILES string of the molecule is CCOc1ccc(NC(=O)CCC(=O)N/N=C(/C)c2ccccc2)cc1. The third-order valence-electron chi connectivity index (χ3n) is 3.57. The molecule has 0 saturated heterocycles. The summed E-state index contributed by atoms with van der Waals surface area (Å²) in [4.78, 5) is 23.8. The van der Waals surface area contributed by atoms with E-state index in [1.54, 1.807) is 24.3 Å². The van der Waals surface area contributed by atoms with Crippen molar-refractivity contribution in [2.24, 2.45) is 5.10 Å². The molecular weight excluding hydrogens is 330 g/mol. The lowest BCUT2D eigenvalue weighted by Crippen LogP contribution is -2.21. The molecule has 2 rings (SSSR count). The topological polar surface area (TPSA) is 79.8 Å². The first-order chi connectivity index (χ1) is 12.6. The van der Waals surface area contributed by atoms with Gasteiger partial charge in [0, 0.05) is 18.5 Å². The predicted molar refractivity (Wildman–Crippen MR) is 102 cm³/mol. The fraction of sp³-hybridized carbons (Fsp3) is 0.250. The zero-order chi connectivity index (χ0) is 18.8. The lowest BCUT2D eigenvalue weighted by Gasteiger charge is -2.07. The monoisotopic (exact) mass is 353 g/mol. The summed E-state index contributed by atoms with van der Waals surface area (Å²) in [6.07, 6.45) is 0.146. The average molecular weight is 353 g/mol. The van der Waals surface area contributed by atoms with Crippen LogP contribution in [0.4, 0.5) is 5.69 Å². The van der Waals surface area contributed by atoms with Crippen molar-refractivity contribution in [3.8, 4) is 5.75 Å². The van der Waals surface area contributed by atoms with Gasteiger partial charge in [-0.3, -0.25) is 9.59 Å². The van der Waals surface area contributed by atoms with E-state index in [0.717, 1.165) is 11.3 Å². The minimum absolute atomic E-state index is 0.0639. The van der Waals surface area contributed by atoms with E-state index in [2.05, 4.69) is 15.8 Å². The molecule has 2 amide bonds. The van der Waals surface area contributed by atoms with Gasteiger partial charge in [0.05, 0.1) is 12.3 Å². The quantitative estimate of drug-likeness (QED) is 0.564. The Morgan fingerprint density at radius 3 is 2.27 bits per heavy atom. The molecule has 2 aromatic rings. The highest BCUT2D eigenvalue weighted by Gasteiger charge is 2.07. The van der Waals surface area contributed by atoms with Crippen molar-refractivity contribution in [3.63, 3.8) is 0 Å². The van der Waals surface area contributed by atoms with Crippen LogP contribution in [-0.4, -0.2) is 24.1 Å². The molecule has 136 valence electrons. The molecule has 0 heterocycles. The highest BCUT2D eigenvalue weighted by atomic mass is 16.5. The number of nitrogens with one attached hydrogen (secondary N) is 2. The van der Waals surface area contributed by atoms with E-state index in [-0.39, 0.29) is 24.7 Å². The zero-order valence-electron chi connectivity index (χ0n) is 15.0. The number of carbonyl (C=O) groups is 2. The highest BCUT2D eigenvalue weighted by Crippen LogP contribution is 2.15. The minimum Gasteiger partial charge on any atom is -0.494 e. The van der Waals surface area contributed by atoms with Crippen molar-refractivity contribution < 1.29 is 14.3 Å². The minimum atomic E-state index is -0.304. The first-order valence-electron chi connectivity index (χ1n) is 8.49. The number of rotatable bonds is 8. The molecule has 0 bridgehead atoms. The number of ether oxygens (including phenoxy) is 1. The Morgan fingerprint density at radius 1 is 0.962 bits per heavy atom. The molecule has 0 aliphatic carbocycles. The summed E-state index contributed by atoms with van der Waals surface area (Å²) in [5.74, 6) is 0.215. The number of carbonyl (C=O) groups excluding carboxylic acids is 2. The zero-order valence-corrected chi connectivity index (χ0v) is 15.0. The molecule has 0 fully saturated rings. The smallest absolute Gasteiger partial charge is 0.240 e. The summed E-state index contributed by atoms with van der Waals surface area (Å²) in [7, 11) is 0. The Morgan fingerprint density at radius 2 is 1.62 bits per heavy atom. The molecule has 2 aromatic carbocycles. The third kappa shape index (κ3) is 6.39. The van der Waals surface area contributed by atoms with E-state index in [9.17, 15) is 9.59 Å². The molecule has 0 aliphatic rings. The van der Waals surface area contributed by atoms with E-state index in [1.165, 1.54) is 0 Å². The predicted octanol–water partition coefficient (Wildman–Crippen LogP) is 3.34. The lowest BCUT2D eigenvalue weighted by molar-refractivity contribution is -0.124. The molecule has 0 aromatic heterocycles. The summed E-state index contributed by atoms with van der Waals surface area (Å²) < 4.78 is 5.34. The Kier molecular flexibility index (Phi) is 7.36. The van der Waals surface area contributed by atoms with Crippen LogP contribution in [0.5, 0.6) is 5.75 Å². The van der Waals surface area contributed by atoms with Crippen molar-refractivity contribution in [1.29, 1.82) is 0 Å². The summed E-state index contributed by atoms with van der Waals surface area (Å²) in [6, 6.07) is 16.6. The number of benzene rings is 2.